The molecular weight excluding hydrogens is 284 g/mol. The minimum Gasteiger partial charge on any atom is -0.494 e. The zero-order chi connectivity index (χ0) is 16.5. The van der Waals surface area contributed by atoms with E-state index in [0.717, 1.165) is 37.6 Å². The summed E-state index contributed by atoms with van der Waals surface area (Å²) in [5.74, 6) is 1.85. The van der Waals surface area contributed by atoms with Crippen LogP contribution in [0.5, 0.6) is 11.5 Å². The molecule has 23 heavy (non-hydrogen) atoms. The van der Waals surface area contributed by atoms with E-state index in [9.17, 15) is 0 Å². The number of hydrogen-bond donors (Lipinski definition) is 0. The predicted octanol–water partition coefficient (Wildman–Crippen LogP) is 5.72. The second-order valence-electron chi connectivity index (χ2n) is 5.45. The fraction of sp³-hybridized carbons (Fsp3) is 0.333. The van der Waals surface area contributed by atoms with Crippen molar-refractivity contribution >= 4 is 5.57 Å². The Morgan fingerprint density at radius 3 is 1.43 bits per heavy atom. The van der Waals surface area contributed by atoms with E-state index >= 15 is 0 Å². The summed E-state index contributed by atoms with van der Waals surface area (Å²) in [5, 5.41) is 0. The van der Waals surface area contributed by atoms with Crippen molar-refractivity contribution in [2.45, 2.75) is 33.6 Å². The highest BCUT2D eigenvalue weighted by molar-refractivity contribution is 5.80. The highest BCUT2D eigenvalue weighted by Crippen LogP contribution is 2.27. The van der Waals surface area contributed by atoms with Crippen LogP contribution < -0.4 is 9.47 Å². The monoisotopic (exact) mass is 310 g/mol. The van der Waals surface area contributed by atoms with E-state index in [1.807, 2.05) is 24.3 Å². The predicted molar refractivity (Wildman–Crippen MR) is 97.2 cm³/mol. The number of allylic oxidation sites excluding steroid dienone is 1. The van der Waals surface area contributed by atoms with Gasteiger partial charge in [0.1, 0.15) is 11.5 Å². The highest BCUT2D eigenvalue weighted by atomic mass is 16.5. The van der Waals surface area contributed by atoms with Crippen LogP contribution >= 0.6 is 0 Å². The summed E-state index contributed by atoms with van der Waals surface area (Å²) in [4.78, 5) is 0. The molecule has 0 aromatic heterocycles. The molecule has 0 spiro atoms. The molecule has 0 aliphatic heterocycles. The first-order valence-corrected chi connectivity index (χ1v) is 8.41. The third-order valence-corrected chi connectivity index (χ3v) is 3.57. The van der Waals surface area contributed by atoms with Gasteiger partial charge >= 0.3 is 0 Å². The largest absolute Gasteiger partial charge is 0.494 e. The summed E-state index contributed by atoms with van der Waals surface area (Å²) in [6, 6.07) is 16.6. The van der Waals surface area contributed by atoms with Gasteiger partial charge in [-0.05, 0) is 60.7 Å². The second-order valence-corrected chi connectivity index (χ2v) is 5.45. The second kappa shape index (κ2) is 9.04. The molecule has 2 heteroatoms. The Balaban J connectivity index is 2.13. The summed E-state index contributed by atoms with van der Waals surface area (Å²) in [5.41, 5.74) is 3.60. The van der Waals surface area contributed by atoms with E-state index in [4.69, 9.17) is 9.47 Å². The van der Waals surface area contributed by atoms with Crippen LogP contribution in [0, 0.1) is 0 Å². The molecule has 0 radical (unpaired) electrons. The van der Waals surface area contributed by atoms with E-state index < -0.39 is 0 Å². The Morgan fingerprint density at radius 2 is 1.13 bits per heavy atom. The third kappa shape index (κ3) is 4.88. The van der Waals surface area contributed by atoms with Crippen LogP contribution in [-0.2, 0) is 0 Å². The molecule has 2 aromatic rings. The van der Waals surface area contributed by atoms with Crippen LogP contribution in [0.3, 0.4) is 0 Å². The number of benzene rings is 2. The molecule has 0 heterocycles. The van der Waals surface area contributed by atoms with Gasteiger partial charge in [-0.1, -0.05) is 44.2 Å². The van der Waals surface area contributed by atoms with Crippen molar-refractivity contribution < 1.29 is 9.47 Å². The van der Waals surface area contributed by atoms with Gasteiger partial charge in [0, 0.05) is 0 Å². The molecule has 0 fully saturated rings. The Kier molecular flexibility index (Phi) is 6.74. The summed E-state index contributed by atoms with van der Waals surface area (Å²) in [7, 11) is 0. The van der Waals surface area contributed by atoms with E-state index in [-0.39, 0.29) is 0 Å². The van der Waals surface area contributed by atoms with E-state index in [2.05, 4.69) is 51.1 Å². The smallest absolute Gasteiger partial charge is 0.119 e. The lowest BCUT2D eigenvalue weighted by atomic mass is 9.97. The number of hydrogen-bond acceptors (Lipinski definition) is 2. The van der Waals surface area contributed by atoms with Gasteiger partial charge in [0.25, 0.3) is 0 Å². The van der Waals surface area contributed by atoms with E-state index in [1.165, 1.54) is 16.7 Å². The van der Waals surface area contributed by atoms with Gasteiger partial charge in [0.15, 0.2) is 0 Å². The molecule has 0 unspecified atom stereocenters. The van der Waals surface area contributed by atoms with Crippen molar-refractivity contribution in [2.24, 2.45) is 0 Å². The first-order chi connectivity index (χ1) is 11.3. The Hall–Kier alpha value is -2.22. The summed E-state index contributed by atoms with van der Waals surface area (Å²) >= 11 is 0. The molecule has 122 valence electrons. The Morgan fingerprint density at radius 1 is 0.739 bits per heavy atom. The maximum atomic E-state index is 5.65. The van der Waals surface area contributed by atoms with Gasteiger partial charge in [-0.2, -0.15) is 0 Å². The normalized spacial score (nSPS) is 10.2. The molecule has 2 rings (SSSR count). The van der Waals surface area contributed by atoms with Crippen molar-refractivity contribution in [3.8, 4) is 11.5 Å². The van der Waals surface area contributed by atoms with Gasteiger partial charge in [-0.15, -0.1) is 0 Å². The van der Waals surface area contributed by atoms with E-state index in [1.54, 1.807) is 0 Å². The first kappa shape index (κ1) is 17.1. The van der Waals surface area contributed by atoms with Gasteiger partial charge in [0.2, 0.25) is 0 Å². The zero-order valence-corrected chi connectivity index (χ0v) is 14.3. The van der Waals surface area contributed by atoms with Crippen molar-refractivity contribution in [3.63, 3.8) is 0 Å². The quantitative estimate of drug-likeness (QED) is 0.621. The Labute approximate surface area is 139 Å². The van der Waals surface area contributed by atoms with Gasteiger partial charge in [0.05, 0.1) is 13.2 Å². The van der Waals surface area contributed by atoms with Crippen molar-refractivity contribution in [3.05, 3.63) is 65.7 Å². The molecule has 0 bridgehead atoms. The molecule has 0 aliphatic rings. The SMILES string of the molecule is CC=C(c1ccc(OCCC)cc1)c1ccc(OCCC)cc1. The summed E-state index contributed by atoms with van der Waals surface area (Å²) in [6.07, 6.45) is 4.19. The topological polar surface area (TPSA) is 18.5 Å². The molecule has 0 N–H and O–H groups in total. The fourth-order valence-corrected chi connectivity index (χ4v) is 2.40. The molecule has 2 nitrogen and oxygen atoms in total. The fourth-order valence-electron chi connectivity index (χ4n) is 2.40. The molecule has 0 amide bonds. The Bertz CT molecular complexity index is 556. The number of ether oxygens (including phenoxy) is 2. The standard InChI is InChI=1S/C21H26O2/c1-4-15-22-19-11-7-17(8-12-19)21(6-3)18-9-13-20(14-10-18)23-16-5-2/h6-14H,4-5,15-16H2,1-3H3. The van der Waals surface area contributed by atoms with Crippen LogP contribution in [0.15, 0.2) is 54.6 Å². The molecule has 2 aromatic carbocycles. The average Bonchev–Trinajstić information content (AvgIpc) is 2.61. The molecule has 0 atom stereocenters. The minimum atomic E-state index is 0.759. The van der Waals surface area contributed by atoms with Crippen LogP contribution in [0.2, 0.25) is 0 Å². The van der Waals surface area contributed by atoms with Crippen molar-refractivity contribution in [2.75, 3.05) is 13.2 Å². The van der Waals surface area contributed by atoms with Crippen molar-refractivity contribution in [1.29, 1.82) is 0 Å². The van der Waals surface area contributed by atoms with Gasteiger partial charge in [-0.3, -0.25) is 0 Å². The minimum absolute atomic E-state index is 0.759. The lowest BCUT2D eigenvalue weighted by Crippen LogP contribution is -1.96. The molecular formula is C21H26O2. The molecule has 0 aliphatic carbocycles. The lowest BCUT2D eigenvalue weighted by Gasteiger charge is -2.11. The molecule has 0 saturated heterocycles. The highest BCUT2D eigenvalue weighted by Gasteiger charge is 2.05. The zero-order valence-electron chi connectivity index (χ0n) is 14.3. The molecule has 0 saturated carbocycles. The first-order valence-electron chi connectivity index (χ1n) is 8.41. The summed E-state index contributed by atoms with van der Waals surface area (Å²) in [6.45, 7) is 7.81. The van der Waals surface area contributed by atoms with Crippen LogP contribution in [0.25, 0.3) is 5.57 Å². The lowest BCUT2D eigenvalue weighted by molar-refractivity contribution is 0.317. The third-order valence-electron chi connectivity index (χ3n) is 3.57. The van der Waals surface area contributed by atoms with E-state index in [0.29, 0.717) is 0 Å². The van der Waals surface area contributed by atoms with Crippen LogP contribution in [-0.4, -0.2) is 13.2 Å². The van der Waals surface area contributed by atoms with Gasteiger partial charge < -0.3 is 9.47 Å². The average molecular weight is 310 g/mol. The summed E-state index contributed by atoms with van der Waals surface area (Å²) < 4.78 is 11.3. The number of rotatable bonds is 8. The van der Waals surface area contributed by atoms with Gasteiger partial charge in [-0.25, -0.2) is 0 Å². The van der Waals surface area contributed by atoms with Crippen LogP contribution in [0.4, 0.5) is 0 Å². The van der Waals surface area contributed by atoms with Crippen molar-refractivity contribution in [1.82, 2.24) is 0 Å². The maximum absolute atomic E-state index is 5.65. The van der Waals surface area contributed by atoms with Crippen LogP contribution in [0.1, 0.15) is 44.7 Å². The maximum Gasteiger partial charge on any atom is 0.119 e.